The molecular weight excluding hydrogens is 394 g/mol. The fourth-order valence-electron chi connectivity index (χ4n) is 3.40. The lowest BCUT2D eigenvalue weighted by atomic mass is 10.2. The van der Waals surface area contributed by atoms with E-state index in [-0.39, 0.29) is 18.0 Å². The molecule has 3 amide bonds. The Morgan fingerprint density at radius 3 is 2.52 bits per heavy atom. The van der Waals surface area contributed by atoms with Crippen molar-refractivity contribution in [1.82, 2.24) is 25.5 Å². The zero-order valence-electron chi connectivity index (χ0n) is 18.2. The van der Waals surface area contributed by atoms with Crippen LogP contribution in [-0.4, -0.2) is 72.1 Å². The predicted octanol–water partition coefficient (Wildman–Crippen LogP) is 1.95. The van der Waals surface area contributed by atoms with Crippen LogP contribution in [0.25, 0.3) is 0 Å². The van der Waals surface area contributed by atoms with E-state index in [4.69, 9.17) is 0 Å². The number of anilines is 2. The second kappa shape index (κ2) is 11.3. The molecule has 0 saturated carbocycles. The van der Waals surface area contributed by atoms with Crippen LogP contribution in [0, 0.1) is 0 Å². The molecule has 1 aliphatic heterocycles. The molecule has 3 rings (SSSR count). The summed E-state index contributed by atoms with van der Waals surface area (Å²) in [5.41, 5.74) is 1.12. The van der Waals surface area contributed by atoms with E-state index in [1.807, 2.05) is 19.9 Å². The number of amides is 3. The molecule has 2 aromatic rings. The van der Waals surface area contributed by atoms with Gasteiger partial charge in [-0.3, -0.25) is 9.69 Å². The van der Waals surface area contributed by atoms with Crippen LogP contribution in [0.15, 0.2) is 42.7 Å². The lowest BCUT2D eigenvalue weighted by Crippen LogP contribution is -2.47. The van der Waals surface area contributed by atoms with E-state index in [1.54, 1.807) is 36.7 Å². The van der Waals surface area contributed by atoms with Gasteiger partial charge in [0.2, 0.25) is 5.95 Å². The third-order valence-corrected chi connectivity index (χ3v) is 4.95. The lowest BCUT2D eigenvalue weighted by molar-refractivity contribution is 0.0951. The molecule has 9 nitrogen and oxygen atoms in total. The number of hydrogen-bond acceptors (Lipinski definition) is 6. The van der Waals surface area contributed by atoms with Crippen molar-refractivity contribution in [2.45, 2.75) is 26.3 Å². The molecule has 0 spiro atoms. The number of aromatic nitrogens is 2. The van der Waals surface area contributed by atoms with Crippen LogP contribution in [0.2, 0.25) is 0 Å². The number of carbonyl (C=O) groups is 2. The van der Waals surface area contributed by atoms with Gasteiger partial charge in [-0.2, -0.15) is 0 Å². The van der Waals surface area contributed by atoms with E-state index >= 15 is 0 Å². The standard InChI is InChI=1S/C22H31N7O2/c1-17(2)26-22(31)27-19-7-3-6-18(16-19)20(30)23-10-5-11-28-12-14-29(15-13-28)21-24-8-4-9-25-21/h3-4,6-9,16-17H,5,10-15H2,1-2H3,(H,23,30)(H2,26,27,31). The average Bonchev–Trinajstić information content (AvgIpc) is 2.77. The van der Waals surface area contributed by atoms with Crippen molar-refractivity contribution >= 4 is 23.6 Å². The number of nitrogens with one attached hydrogen (secondary N) is 3. The number of piperazine rings is 1. The highest BCUT2D eigenvalue weighted by atomic mass is 16.2. The normalized spacial score (nSPS) is 14.4. The molecule has 2 heterocycles. The third-order valence-electron chi connectivity index (χ3n) is 4.95. The fourth-order valence-corrected chi connectivity index (χ4v) is 3.40. The van der Waals surface area contributed by atoms with Gasteiger partial charge in [-0.15, -0.1) is 0 Å². The molecule has 31 heavy (non-hydrogen) atoms. The van der Waals surface area contributed by atoms with Gasteiger partial charge < -0.3 is 20.9 Å². The highest BCUT2D eigenvalue weighted by Gasteiger charge is 2.18. The van der Waals surface area contributed by atoms with Crippen molar-refractivity contribution in [3.63, 3.8) is 0 Å². The molecule has 166 valence electrons. The number of urea groups is 1. The van der Waals surface area contributed by atoms with Crippen molar-refractivity contribution in [2.24, 2.45) is 0 Å². The Morgan fingerprint density at radius 1 is 1.06 bits per heavy atom. The van der Waals surface area contributed by atoms with Gasteiger partial charge in [0.1, 0.15) is 0 Å². The largest absolute Gasteiger partial charge is 0.352 e. The SMILES string of the molecule is CC(C)NC(=O)Nc1cccc(C(=O)NCCCN2CCN(c3ncccn3)CC2)c1. The van der Waals surface area contributed by atoms with E-state index in [2.05, 4.69) is 35.7 Å². The molecular formula is C22H31N7O2. The summed E-state index contributed by atoms with van der Waals surface area (Å²) in [4.78, 5) is 37.5. The predicted molar refractivity (Wildman–Crippen MR) is 121 cm³/mol. The Labute approximate surface area is 183 Å². The fraction of sp³-hybridized carbons (Fsp3) is 0.455. The first-order chi connectivity index (χ1) is 15.0. The highest BCUT2D eigenvalue weighted by molar-refractivity contribution is 5.96. The summed E-state index contributed by atoms with van der Waals surface area (Å²) in [5.74, 6) is 0.645. The van der Waals surface area contributed by atoms with E-state index in [9.17, 15) is 9.59 Å². The highest BCUT2D eigenvalue weighted by Crippen LogP contribution is 2.11. The average molecular weight is 426 g/mol. The number of nitrogens with zero attached hydrogens (tertiary/aromatic N) is 4. The summed E-state index contributed by atoms with van der Waals surface area (Å²) >= 11 is 0. The van der Waals surface area contributed by atoms with Crippen LogP contribution in [-0.2, 0) is 0 Å². The molecule has 3 N–H and O–H groups in total. The van der Waals surface area contributed by atoms with Gasteiger partial charge in [-0.25, -0.2) is 14.8 Å². The van der Waals surface area contributed by atoms with Crippen LogP contribution in [0.4, 0.5) is 16.4 Å². The number of rotatable bonds is 8. The molecule has 9 heteroatoms. The topological polar surface area (TPSA) is 102 Å². The van der Waals surface area contributed by atoms with Crippen LogP contribution >= 0.6 is 0 Å². The van der Waals surface area contributed by atoms with Crippen LogP contribution in [0.1, 0.15) is 30.6 Å². The van der Waals surface area contributed by atoms with Gasteiger partial charge in [0.05, 0.1) is 0 Å². The molecule has 0 bridgehead atoms. The summed E-state index contributed by atoms with van der Waals surface area (Å²) in [6, 6.07) is 8.52. The maximum atomic E-state index is 12.4. The summed E-state index contributed by atoms with van der Waals surface area (Å²) in [6.07, 6.45) is 4.41. The van der Waals surface area contributed by atoms with E-state index in [0.29, 0.717) is 17.8 Å². The van der Waals surface area contributed by atoms with Crippen LogP contribution in [0.3, 0.4) is 0 Å². The molecule has 1 aromatic carbocycles. The Bertz CT molecular complexity index is 852. The van der Waals surface area contributed by atoms with Gasteiger partial charge in [-0.1, -0.05) is 6.07 Å². The van der Waals surface area contributed by atoms with E-state index < -0.39 is 0 Å². The van der Waals surface area contributed by atoms with Crippen molar-refractivity contribution in [3.05, 3.63) is 48.3 Å². The van der Waals surface area contributed by atoms with Crippen molar-refractivity contribution in [1.29, 1.82) is 0 Å². The Kier molecular flexibility index (Phi) is 8.17. The molecule has 0 radical (unpaired) electrons. The molecule has 0 unspecified atom stereocenters. The van der Waals surface area contributed by atoms with Crippen molar-refractivity contribution < 1.29 is 9.59 Å². The lowest BCUT2D eigenvalue weighted by Gasteiger charge is -2.34. The first-order valence-corrected chi connectivity index (χ1v) is 10.7. The van der Waals surface area contributed by atoms with Crippen LogP contribution in [0.5, 0.6) is 0 Å². The zero-order valence-corrected chi connectivity index (χ0v) is 18.2. The van der Waals surface area contributed by atoms with Gasteiger partial charge in [0.15, 0.2) is 0 Å². The smallest absolute Gasteiger partial charge is 0.319 e. The first kappa shape index (κ1) is 22.5. The monoisotopic (exact) mass is 425 g/mol. The maximum Gasteiger partial charge on any atom is 0.319 e. The minimum atomic E-state index is -0.286. The second-order valence-corrected chi connectivity index (χ2v) is 7.82. The second-order valence-electron chi connectivity index (χ2n) is 7.82. The maximum absolute atomic E-state index is 12.4. The van der Waals surface area contributed by atoms with Crippen molar-refractivity contribution in [3.8, 4) is 0 Å². The number of benzene rings is 1. The number of hydrogen-bond donors (Lipinski definition) is 3. The van der Waals surface area contributed by atoms with E-state index in [0.717, 1.165) is 45.1 Å². The molecule has 1 aliphatic rings. The zero-order chi connectivity index (χ0) is 22.1. The number of carbonyl (C=O) groups excluding carboxylic acids is 2. The molecule has 1 aromatic heterocycles. The van der Waals surface area contributed by atoms with Gasteiger partial charge >= 0.3 is 6.03 Å². The summed E-state index contributed by atoms with van der Waals surface area (Å²) < 4.78 is 0. The quantitative estimate of drug-likeness (QED) is 0.559. The Morgan fingerprint density at radius 2 is 1.81 bits per heavy atom. The minimum Gasteiger partial charge on any atom is -0.352 e. The summed E-state index contributed by atoms with van der Waals surface area (Å²) in [7, 11) is 0. The summed E-state index contributed by atoms with van der Waals surface area (Å²) in [5, 5.41) is 8.47. The van der Waals surface area contributed by atoms with Gasteiger partial charge in [0.25, 0.3) is 5.91 Å². The molecule has 1 saturated heterocycles. The van der Waals surface area contributed by atoms with Gasteiger partial charge in [-0.05, 0) is 51.1 Å². The van der Waals surface area contributed by atoms with Gasteiger partial charge in [0, 0.05) is 62.4 Å². The minimum absolute atomic E-state index is 0.0427. The van der Waals surface area contributed by atoms with E-state index in [1.165, 1.54) is 0 Å². The van der Waals surface area contributed by atoms with Crippen LogP contribution < -0.4 is 20.9 Å². The summed E-state index contributed by atoms with van der Waals surface area (Å²) in [6.45, 7) is 9.03. The first-order valence-electron chi connectivity index (χ1n) is 10.7. The molecule has 1 fully saturated rings. The van der Waals surface area contributed by atoms with Crippen molar-refractivity contribution in [2.75, 3.05) is 49.5 Å². The third kappa shape index (κ3) is 7.21. The Balaban J connectivity index is 1.36. The molecule has 0 aliphatic carbocycles. The molecule has 0 atom stereocenters. The Hall–Kier alpha value is -3.20.